The van der Waals surface area contributed by atoms with Gasteiger partial charge in [-0.15, -0.1) is 0 Å². The van der Waals surface area contributed by atoms with Crippen molar-refractivity contribution in [3.8, 4) is 0 Å². The van der Waals surface area contributed by atoms with Crippen molar-refractivity contribution in [3.63, 3.8) is 0 Å². The molecule has 2 unspecified atom stereocenters. The molecule has 0 aliphatic rings. The molecular weight excluding hydrogens is 272 g/mol. The first-order valence-electron chi connectivity index (χ1n) is 6.83. The fourth-order valence-electron chi connectivity index (χ4n) is 1.99. The van der Waals surface area contributed by atoms with E-state index in [0.29, 0.717) is 12.1 Å². The standard InChI is InChI=1S/C15H22N2O4/c1-4-10-17(3)14(20)16-12(15(2,21)13(18)19)11-8-6-5-7-9-11/h5-9,12,21H,4,10H2,1-3H3,(H,16,20)(H,18,19). The summed E-state index contributed by atoms with van der Waals surface area (Å²) in [6.07, 6.45) is 0.787. The number of hydrogen-bond acceptors (Lipinski definition) is 3. The number of aliphatic carboxylic acids is 1. The molecule has 116 valence electrons. The Labute approximate surface area is 124 Å². The van der Waals surface area contributed by atoms with E-state index in [0.717, 1.165) is 6.42 Å². The molecule has 1 rings (SSSR count). The molecule has 0 fully saturated rings. The number of carbonyl (C=O) groups is 2. The SMILES string of the molecule is CCCN(C)C(=O)NC(c1ccccc1)C(C)(O)C(=O)O. The van der Waals surface area contributed by atoms with Crippen LogP contribution >= 0.6 is 0 Å². The Balaban J connectivity index is 3.04. The number of benzene rings is 1. The zero-order valence-electron chi connectivity index (χ0n) is 12.5. The monoisotopic (exact) mass is 294 g/mol. The fraction of sp³-hybridized carbons (Fsp3) is 0.467. The third-order valence-electron chi connectivity index (χ3n) is 3.30. The van der Waals surface area contributed by atoms with Gasteiger partial charge in [-0.1, -0.05) is 37.3 Å². The topological polar surface area (TPSA) is 89.9 Å². The van der Waals surface area contributed by atoms with Gasteiger partial charge < -0.3 is 20.4 Å². The molecule has 0 spiro atoms. The van der Waals surface area contributed by atoms with Gasteiger partial charge in [0, 0.05) is 13.6 Å². The molecule has 0 radical (unpaired) electrons. The van der Waals surface area contributed by atoms with Crippen LogP contribution in [0.5, 0.6) is 0 Å². The average molecular weight is 294 g/mol. The molecule has 2 amide bonds. The molecule has 6 heteroatoms. The number of nitrogens with one attached hydrogen (secondary N) is 1. The van der Waals surface area contributed by atoms with Crippen molar-refractivity contribution in [3.05, 3.63) is 35.9 Å². The van der Waals surface area contributed by atoms with Crippen molar-refractivity contribution in [2.75, 3.05) is 13.6 Å². The molecule has 2 atom stereocenters. The van der Waals surface area contributed by atoms with E-state index in [2.05, 4.69) is 5.32 Å². The van der Waals surface area contributed by atoms with E-state index < -0.39 is 23.6 Å². The summed E-state index contributed by atoms with van der Waals surface area (Å²) in [6, 6.07) is 7.10. The third kappa shape index (κ3) is 4.19. The van der Waals surface area contributed by atoms with Crippen molar-refractivity contribution in [1.82, 2.24) is 10.2 Å². The lowest BCUT2D eigenvalue weighted by Crippen LogP contribution is -2.52. The molecule has 0 aliphatic heterocycles. The van der Waals surface area contributed by atoms with Gasteiger partial charge in [-0.3, -0.25) is 0 Å². The van der Waals surface area contributed by atoms with Crippen LogP contribution in [0, 0.1) is 0 Å². The van der Waals surface area contributed by atoms with Crippen LogP contribution in [-0.4, -0.2) is 46.3 Å². The van der Waals surface area contributed by atoms with Crippen LogP contribution in [0.1, 0.15) is 31.9 Å². The Morgan fingerprint density at radius 1 is 1.33 bits per heavy atom. The maximum atomic E-state index is 12.1. The Morgan fingerprint density at radius 2 is 1.90 bits per heavy atom. The number of hydrogen-bond donors (Lipinski definition) is 3. The van der Waals surface area contributed by atoms with Crippen LogP contribution in [0.3, 0.4) is 0 Å². The zero-order chi connectivity index (χ0) is 16.0. The van der Waals surface area contributed by atoms with E-state index in [-0.39, 0.29) is 0 Å². The van der Waals surface area contributed by atoms with Crippen molar-refractivity contribution in [1.29, 1.82) is 0 Å². The van der Waals surface area contributed by atoms with Crippen LogP contribution in [0.25, 0.3) is 0 Å². The summed E-state index contributed by atoms with van der Waals surface area (Å²) in [5, 5.41) is 22.0. The molecule has 0 saturated carbocycles. The summed E-state index contributed by atoms with van der Waals surface area (Å²) >= 11 is 0. The number of carboxylic acids is 1. The second-order valence-corrected chi connectivity index (χ2v) is 5.17. The van der Waals surface area contributed by atoms with Crippen LogP contribution in [-0.2, 0) is 4.79 Å². The maximum absolute atomic E-state index is 12.1. The molecule has 6 nitrogen and oxygen atoms in total. The average Bonchev–Trinajstić information content (AvgIpc) is 2.45. The van der Waals surface area contributed by atoms with Crippen LogP contribution < -0.4 is 5.32 Å². The van der Waals surface area contributed by atoms with Gasteiger partial charge in [-0.2, -0.15) is 0 Å². The van der Waals surface area contributed by atoms with Crippen molar-refractivity contribution in [2.24, 2.45) is 0 Å². The largest absolute Gasteiger partial charge is 0.479 e. The van der Waals surface area contributed by atoms with Gasteiger partial charge >= 0.3 is 12.0 Å². The Morgan fingerprint density at radius 3 is 2.38 bits per heavy atom. The number of rotatable bonds is 6. The van der Waals surface area contributed by atoms with E-state index in [1.165, 1.54) is 11.8 Å². The zero-order valence-corrected chi connectivity index (χ0v) is 12.5. The highest BCUT2D eigenvalue weighted by atomic mass is 16.4. The molecule has 3 N–H and O–H groups in total. The second kappa shape index (κ2) is 7.08. The molecule has 21 heavy (non-hydrogen) atoms. The van der Waals surface area contributed by atoms with Gasteiger partial charge in [0.05, 0.1) is 6.04 Å². The highest BCUT2D eigenvalue weighted by Gasteiger charge is 2.41. The number of carbonyl (C=O) groups excluding carboxylic acids is 1. The number of amides is 2. The number of aliphatic hydroxyl groups is 1. The molecule has 1 aromatic rings. The minimum Gasteiger partial charge on any atom is -0.479 e. The lowest BCUT2D eigenvalue weighted by molar-refractivity contribution is -0.159. The molecule has 0 aromatic heterocycles. The summed E-state index contributed by atoms with van der Waals surface area (Å²) in [7, 11) is 1.62. The number of nitrogens with zero attached hydrogens (tertiary/aromatic N) is 1. The van der Waals surface area contributed by atoms with E-state index in [1.807, 2.05) is 6.92 Å². The molecule has 0 aliphatic carbocycles. The van der Waals surface area contributed by atoms with E-state index in [9.17, 15) is 19.8 Å². The lowest BCUT2D eigenvalue weighted by Gasteiger charge is -2.31. The van der Waals surface area contributed by atoms with Crippen molar-refractivity contribution < 1.29 is 19.8 Å². The second-order valence-electron chi connectivity index (χ2n) is 5.17. The van der Waals surface area contributed by atoms with Gasteiger partial charge in [0.25, 0.3) is 0 Å². The predicted octanol–water partition coefficient (Wildman–Crippen LogP) is 1.61. The summed E-state index contributed by atoms with van der Waals surface area (Å²) in [6.45, 7) is 3.65. The van der Waals surface area contributed by atoms with Crippen LogP contribution in [0.15, 0.2) is 30.3 Å². The third-order valence-corrected chi connectivity index (χ3v) is 3.30. The molecule has 0 bridgehead atoms. The van der Waals surface area contributed by atoms with Crippen LogP contribution in [0.4, 0.5) is 4.79 Å². The summed E-state index contributed by atoms with van der Waals surface area (Å²) in [5.74, 6) is -1.39. The highest BCUT2D eigenvalue weighted by Crippen LogP contribution is 2.26. The summed E-state index contributed by atoms with van der Waals surface area (Å²) in [4.78, 5) is 24.8. The van der Waals surface area contributed by atoms with Gasteiger partial charge in [-0.05, 0) is 18.9 Å². The van der Waals surface area contributed by atoms with E-state index in [4.69, 9.17) is 0 Å². The quantitative estimate of drug-likeness (QED) is 0.743. The molecule has 0 heterocycles. The summed E-state index contributed by atoms with van der Waals surface area (Å²) in [5.41, 5.74) is -1.58. The van der Waals surface area contributed by atoms with Crippen molar-refractivity contribution >= 4 is 12.0 Å². The Kier molecular flexibility index (Phi) is 5.72. The Hall–Kier alpha value is -2.08. The van der Waals surface area contributed by atoms with Crippen LogP contribution in [0.2, 0.25) is 0 Å². The minimum atomic E-state index is -2.11. The molecule has 1 aromatic carbocycles. The number of carboxylic acid groups (broad SMARTS) is 1. The Bertz CT molecular complexity index is 488. The predicted molar refractivity (Wildman–Crippen MR) is 78.9 cm³/mol. The first kappa shape index (κ1) is 17.0. The van der Waals surface area contributed by atoms with Gasteiger partial charge in [0.1, 0.15) is 0 Å². The number of urea groups is 1. The van der Waals surface area contributed by atoms with Gasteiger partial charge in [0.2, 0.25) is 0 Å². The minimum absolute atomic E-state index is 0.424. The lowest BCUT2D eigenvalue weighted by atomic mass is 9.90. The van der Waals surface area contributed by atoms with Gasteiger partial charge in [-0.25, -0.2) is 9.59 Å². The molecule has 0 saturated heterocycles. The molecular formula is C15H22N2O4. The van der Waals surface area contributed by atoms with E-state index in [1.54, 1.807) is 37.4 Å². The van der Waals surface area contributed by atoms with Crippen molar-refractivity contribution in [2.45, 2.75) is 31.9 Å². The summed E-state index contributed by atoms with van der Waals surface area (Å²) < 4.78 is 0. The van der Waals surface area contributed by atoms with E-state index >= 15 is 0 Å². The smallest absolute Gasteiger partial charge is 0.337 e. The normalized spacial score (nSPS) is 14.9. The maximum Gasteiger partial charge on any atom is 0.337 e. The first-order valence-corrected chi connectivity index (χ1v) is 6.83. The fourth-order valence-corrected chi connectivity index (χ4v) is 1.99. The first-order chi connectivity index (χ1) is 9.80. The van der Waals surface area contributed by atoms with Gasteiger partial charge in [0.15, 0.2) is 5.60 Å². The highest BCUT2D eigenvalue weighted by molar-refractivity contribution is 5.81.